The first-order valence-electron chi connectivity index (χ1n) is 9.66. The van der Waals surface area contributed by atoms with E-state index < -0.39 is 39.6 Å². The topological polar surface area (TPSA) is 53.9 Å². The number of nitrogens with one attached hydrogen (secondary N) is 1. The number of benzene rings is 1. The van der Waals surface area contributed by atoms with E-state index in [1.807, 2.05) is 6.26 Å². The number of hydrogen-bond donors (Lipinski definition) is 1. The number of carbonyl (C=O) groups excluding carboxylic acids is 1. The van der Waals surface area contributed by atoms with Crippen molar-refractivity contribution in [1.82, 2.24) is 10.2 Å². The fraction of sp³-hybridized carbons (Fsp3) is 0.400. The Kier molecular flexibility index (Phi) is 6.78. The van der Waals surface area contributed by atoms with Crippen LogP contribution in [-0.2, 0) is 23.5 Å². The molecule has 2 aliphatic heterocycles. The monoisotopic (exact) mass is 541 g/mol. The van der Waals surface area contributed by atoms with Gasteiger partial charge in [-0.05, 0) is 30.0 Å². The van der Waals surface area contributed by atoms with E-state index in [1.54, 1.807) is 22.7 Å². The molecular formula is C20H17Cl2F4N3O2S2. The average Bonchev–Trinajstić information content (AvgIpc) is 3.44. The lowest BCUT2D eigenvalue weighted by molar-refractivity contribution is -0.275. The van der Waals surface area contributed by atoms with Gasteiger partial charge in [-0.15, -0.1) is 11.3 Å². The Labute approximate surface area is 205 Å². The quantitative estimate of drug-likeness (QED) is 0.295. The standard InChI is InChI=1S/C20H17Cl2F4N3O2S2/c1-32-3-2-27-18(30)14-4-10-8-29(9-15(10)33-14)16-7-19(31-28-16,20(24,25)26)11-5-12(21)17(23)13(22)6-11/h4-6H,2-3,7-9H2,1H3,(H,27,30). The smallest absolute Gasteiger partial charge is 0.372 e. The maximum absolute atomic E-state index is 14.2. The second-order valence-corrected chi connectivity index (χ2v) is 10.5. The molecule has 13 heteroatoms. The number of carbonyl (C=O) groups is 1. The summed E-state index contributed by atoms with van der Waals surface area (Å²) in [5.41, 5.74) is -2.40. The van der Waals surface area contributed by atoms with Crippen molar-refractivity contribution in [2.75, 3.05) is 18.6 Å². The molecule has 0 fully saturated rings. The van der Waals surface area contributed by atoms with E-state index in [9.17, 15) is 22.4 Å². The lowest BCUT2D eigenvalue weighted by atomic mass is 9.89. The van der Waals surface area contributed by atoms with Crippen molar-refractivity contribution in [3.8, 4) is 0 Å². The van der Waals surface area contributed by atoms with Crippen LogP contribution in [0.25, 0.3) is 0 Å². The van der Waals surface area contributed by atoms with Crippen LogP contribution in [0, 0.1) is 5.82 Å². The molecule has 0 aliphatic carbocycles. The maximum Gasteiger partial charge on any atom is 0.435 e. The van der Waals surface area contributed by atoms with Gasteiger partial charge in [0.1, 0.15) is 5.84 Å². The summed E-state index contributed by atoms with van der Waals surface area (Å²) in [4.78, 5) is 20.3. The van der Waals surface area contributed by atoms with Crippen LogP contribution in [0.1, 0.15) is 32.1 Å². The van der Waals surface area contributed by atoms with Crippen molar-refractivity contribution in [2.45, 2.75) is 31.3 Å². The summed E-state index contributed by atoms with van der Waals surface area (Å²) in [6.07, 6.45) is -3.54. The lowest BCUT2D eigenvalue weighted by Gasteiger charge is -2.30. The highest BCUT2D eigenvalue weighted by molar-refractivity contribution is 7.98. The molecule has 0 saturated heterocycles. The third-order valence-electron chi connectivity index (χ3n) is 5.39. The van der Waals surface area contributed by atoms with Gasteiger partial charge in [-0.1, -0.05) is 28.4 Å². The first kappa shape index (κ1) is 24.4. The second-order valence-electron chi connectivity index (χ2n) is 7.52. The number of alkyl halides is 3. The normalized spacial score (nSPS) is 20.0. The highest BCUT2D eigenvalue weighted by Gasteiger charge is 2.63. The van der Waals surface area contributed by atoms with Crippen LogP contribution < -0.4 is 5.32 Å². The van der Waals surface area contributed by atoms with Crippen molar-refractivity contribution >= 4 is 58.0 Å². The molecule has 0 spiro atoms. The Bertz CT molecular complexity index is 1080. The number of amidine groups is 1. The molecule has 1 aromatic carbocycles. The van der Waals surface area contributed by atoms with Crippen LogP contribution in [0.15, 0.2) is 23.4 Å². The summed E-state index contributed by atoms with van der Waals surface area (Å²) in [6.45, 7) is 1.16. The minimum absolute atomic E-state index is 0.0956. The highest BCUT2D eigenvalue weighted by Crippen LogP contribution is 2.50. The molecule has 178 valence electrons. The minimum Gasteiger partial charge on any atom is -0.372 e. The zero-order valence-electron chi connectivity index (χ0n) is 17.1. The molecule has 4 rings (SSSR count). The Morgan fingerprint density at radius 3 is 2.61 bits per heavy atom. The van der Waals surface area contributed by atoms with Crippen molar-refractivity contribution in [3.05, 3.63) is 54.9 Å². The van der Waals surface area contributed by atoms with E-state index in [4.69, 9.17) is 28.0 Å². The number of fused-ring (bicyclic) bond motifs is 1. The summed E-state index contributed by atoms with van der Waals surface area (Å²) in [5.74, 6) is -0.276. The summed E-state index contributed by atoms with van der Waals surface area (Å²) < 4.78 is 56.3. The number of oxime groups is 1. The molecule has 1 amide bonds. The van der Waals surface area contributed by atoms with Gasteiger partial charge < -0.3 is 15.1 Å². The molecule has 1 atom stereocenters. The minimum atomic E-state index is -4.87. The molecule has 2 aliphatic rings. The number of halogens is 6. The number of hydrogen-bond acceptors (Lipinski definition) is 6. The van der Waals surface area contributed by atoms with E-state index in [1.165, 1.54) is 11.3 Å². The molecule has 1 N–H and O–H groups in total. The number of thiophene rings is 1. The molecule has 1 unspecified atom stereocenters. The predicted molar refractivity (Wildman–Crippen MR) is 122 cm³/mol. The fourth-order valence-corrected chi connectivity index (χ4v) is 5.56. The van der Waals surface area contributed by atoms with Crippen LogP contribution in [0.5, 0.6) is 0 Å². The molecule has 33 heavy (non-hydrogen) atoms. The SMILES string of the molecule is CSCCNC(=O)c1cc2c(s1)CN(C1=NOC(c3cc(Cl)c(F)c(Cl)c3)(C(F)(F)F)C1)C2. The van der Waals surface area contributed by atoms with Gasteiger partial charge in [0.2, 0.25) is 0 Å². The van der Waals surface area contributed by atoms with Crippen molar-refractivity contribution in [2.24, 2.45) is 5.16 Å². The lowest BCUT2D eigenvalue weighted by Crippen LogP contribution is -2.44. The van der Waals surface area contributed by atoms with Crippen LogP contribution in [0.3, 0.4) is 0 Å². The van der Waals surface area contributed by atoms with E-state index in [2.05, 4.69) is 10.5 Å². The van der Waals surface area contributed by atoms with Gasteiger partial charge in [0, 0.05) is 29.3 Å². The summed E-state index contributed by atoms with van der Waals surface area (Å²) in [7, 11) is 0. The molecular weight excluding hydrogens is 525 g/mol. The fourth-order valence-electron chi connectivity index (χ4n) is 3.66. The molecule has 0 saturated carbocycles. The summed E-state index contributed by atoms with van der Waals surface area (Å²) in [6, 6.07) is 3.47. The number of amides is 1. The first-order chi connectivity index (χ1) is 15.6. The van der Waals surface area contributed by atoms with Gasteiger partial charge in [-0.25, -0.2) is 4.39 Å². The number of nitrogens with zero attached hydrogens (tertiary/aromatic N) is 2. The molecule has 5 nitrogen and oxygen atoms in total. The van der Waals surface area contributed by atoms with Gasteiger partial charge in [0.15, 0.2) is 5.82 Å². The Morgan fingerprint density at radius 1 is 1.30 bits per heavy atom. The largest absolute Gasteiger partial charge is 0.435 e. The summed E-state index contributed by atoms with van der Waals surface area (Å²) >= 11 is 14.4. The van der Waals surface area contributed by atoms with E-state index in [-0.39, 0.29) is 11.7 Å². The molecule has 0 radical (unpaired) electrons. The first-order valence-corrected chi connectivity index (χ1v) is 12.6. The van der Waals surface area contributed by atoms with E-state index in [0.29, 0.717) is 24.5 Å². The number of thioether (sulfide) groups is 1. The van der Waals surface area contributed by atoms with Gasteiger partial charge in [0.05, 0.1) is 27.9 Å². The molecule has 0 bridgehead atoms. The van der Waals surface area contributed by atoms with Crippen LogP contribution >= 0.6 is 46.3 Å². The molecule has 3 heterocycles. The third kappa shape index (κ3) is 4.52. The molecule has 2 aromatic rings. The van der Waals surface area contributed by atoms with Crippen molar-refractivity contribution in [3.63, 3.8) is 0 Å². The van der Waals surface area contributed by atoms with Crippen LogP contribution in [0.2, 0.25) is 10.0 Å². The average molecular weight is 542 g/mol. The van der Waals surface area contributed by atoms with Gasteiger partial charge in [-0.3, -0.25) is 4.79 Å². The van der Waals surface area contributed by atoms with E-state index >= 15 is 0 Å². The third-order valence-corrected chi connectivity index (χ3v) is 7.72. The van der Waals surface area contributed by atoms with Gasteiger partial charge in [-0.2, -0.15) is 24.9 Å². The summed E-state index contributed by atoms with van der Waals surface area (Å²) in [5, 5.41) is 5.49. The van der Waals surface area contributed by atoms with Gasteiger partial charge in [0.25, 0.3) is 11.5 Å². The Hall–Kier alpha value is -1.69. The van der Waals surface area contributed by atoms with Gasteiger partial charge >= 0.3 is 6.18 Å². The molecule has 1 aromatic heterocycles. The van der Waals surface area contributed by atoms with Crippen LogP contribution in [0.4, 0.5) is 17.6 Å². The van der Waals surface area contributed by atoms with Crippen molar-refractivity contribution in [1.29, 1.82) is 0 Å². The number of rotatable bonds is 5. The Balaban J connectivity index is 1.51. The van der Waals surface area contributed by atoms with Crippen LogP contribution in [-0.4, -0.2) is 41.4 Å². The zero-order chi connectivity index (χ0) is 24.0. The predicted octanol–water partition coefficient (Wildman–Crippen LogP) is 5.79. The highest BCUT2D eigenvalue weighted by atomic mass is 35.5. The van der Waals surface area contributed by atoms with Crippen molar-refractivity contribution < 1.29 is 27.2 Å². The zero-order valence-corrected chi connectivity index (χ0v) is 20.2. The maximum atomic E-state index is 14.2. The second kappa shape index (κ2) is 9.16. The van der Waals surface area contributed by atoms with E-state index in [0.717, 1.165) is 28.3 Å². The Morgan fingerprint density at radius 2 is 2.00 bits per heavy atom.